The monoisotopic (exact) mass is 385 g/mol. The lowest BCUT2D eigenvalue weighted by Crippen LogP contribution is -2.33. The van der Waals surface area contributed by atoms with E-state index in [1.54, 1.807) is 0 Å². The van der Waals surface area contributed by atoms with Crippen molar-refractivity contribution in [2.45, 2.75) is 45.8 Å². The standard InChI is InChI=1S/C23H31NO4/c1-23(2,3)28-22(25)24-14-8-12-19-11-7-13-21(17-19)27-16-15-26-18-20-9-5-4-6-10-20/h4-7,9-11,13,17H,8,12,14-16,18H2,1-3H3,(H,24,25). The van der Waals surface area contributed by atoms with Crippen molar-refractivity contribution in [2.75, 3.05) is 19.8 Å². The summed E-state index contributed by atoms with van der Waals surface area (Å²) in [6.45, 7) is 7.78. The Balaban J connectivity index is 1.61. The van der Waals surface area contributed by atoms with E-state index >= 15 is 0 Å². The molecule has 2 rings (SSSR count). The summed E-state index contributed by atoms with van der Waals surface area (Å²) in [5.74, 6) is 0.834. The van der Waals surface area contributed by atoms with E-state index in [-0.39, 0.29) is 6.09 Å². The zero-order valence-corrected chi connectivity index (χ0v) is 17.1. The van der Waals surface area contributed by atoms with Crippen LogP contribution in [0.4, 0.5) is 4.79 Å². The summed E-state index contributed by atoms with van der Waals surface area (Å²) in [4.78, 5) is 11.6. The van der Waals surface area contributed by atoms with E-state index < -0.39 is 5.60 Å². The number of carbonyl (C=O) groups excluding carboxylic acids is 1. The largest absolute Gasteiger partial charge is 0.491 e. The maximum absolute atomic E-state index is 11.6. The second-order valence-electron chi connectivity index (χ2n) is 7.57. The van der Waals surface area contributed by atoms with Gasteiger partial charge in [0.2, 0.25) is 0 Å². The van der Waals surface area contributed by atoms with Crippen LogP contribution < -0.4 is 10.1 Å². The molecule has 1 N–H and O–H groups in total. The molecule has 0 heterocycles. The predicted octanol–water partition coefficient (Wildman–Crippen LogP) is 4.74. The number of benzene rings is 2. The maximum Gasteiger partial charge on any atom is 0.407 e. The van der Waals surface area contributed by atoms with E-state index in [9.17, 15) is 4.79 Å². The number of hydrogen-bond donors (Lipinski definition) is 1. The fraction of sp³-hybridized carbons (Fsp3) is 0.435. The highest BCUT2D eigenvalue weighted by atomic mass is 16.6. The molecule has 0 saturated heterocycles. The lowest BCUT2D eigenvalue weighted by atomic mass is 10.1. The van der Waals surface area contributed by atoms with E-state index in [1.807, 2.05) is 69.3 Å². The van der Waals surface area contributed by atoms with Gasteiger partial charge in [-0.1, -0.05) is 42.5 Å². The van der Waals surface area contributed by atoms with Crippen molar-refractivity contribution < 1.29 is 19.0 Å². The molecule has 152 valence electrons. The number of rotatable bonds is 10. The van der Waals surface area contributed by atoms with Crippen LogP contribution in [0.15, 0.2) is 54.6 Å². The molecule has 2 aromatic rings. The van der Waals surface area contributed by atoms with Crippen LogP contribution >= 0.6 is 0 Å². The average Bonchev–Trinajstić information content (AvgIpc) is 2.65. The van der Waals surface area contributed by atoms with Crippen molar-refractivity contribution >= 4 is 6.09 Å². The Morgan fingerprint density at radius 3 is 2.46 bits per heavy atom. The van der Waals surface area contributed by atoms with Crippen molar-refractivity contribution in [3.8, 4) is 5.75 Å². The van der Waals surface area contributed by atoms with Gasteiger partial charge in [-0.3, -0.25) is 0 Å². The first-order valence-corrected chi connectivity index (χ1v) is 9.73. The number of carbonyl (C=O) groups is 1. The number of ether oxygens (including phenoxy) is 3. The second-order valence-corrected chi connectivity index (χ2v) is 7.57. The van der Waals surface area contributed by atoms with Crippen LogP contribution in [0.2, 0.25) is 0 Å². The Labute approximate surface area is 168 Å². The predicted molar refractivity (Wildman–Crippen MR) is 111 cm³/mol. The summed E-state index contributed by atoms with van der Waals surface area (Å²) in [7, 11) is 0. The second kappa shape index (κ2) is 11.3. The third-order valence-electron chi connectivity index (χ3n) is 3.82. The summed E-state index contributed by atoms with van der Waals surface area (Å²) in [6, 6.07) is 18.1. The van der Waals surface area contributed by atoms with Gasteiger partial charge in [-0.05, 0) is 56.9 Å². The maximum atomic E-state index is 11.6. The minimum Gasteiger partial charge on any atom is -0.491 e. The van der Waals surface area contributed by atoms with Crippen LogP contribution in [-0.2, 0) is 22.5 Å². The summed E-state index contributed by atoms with van der Waals surface area (Å²) >= 11 is 0. The van der Waals surface area contributed by atoms with E-state index in [0.29, 0.717) is 26.4 Å². The van der Waals surface area contributed by atoms with Gasteiger partial charge in [0.15, 0.2) is 0 Å². The number of hydrogen-bond acceptors (Lipinski definition) is 4. The molecule has 0 atom stereocenters. The first-order chi connectivity index (χ1) is 13.4. The first kappa shape index (κ1) is 21.8. The third-order valence-corrected chi connectivity index (χ3v) is 3.82. The molecule has 0 radical (unpaired) electrons. The molecule has 28 heavy (non-hydrogen) atoms. The van der Waals surface area contributed by atoms with Gasteiger partial charge in [0, 0.05) is 6.54 Å². The van der Waals surface area contributed by atoms with Crippen LogP contribution in [0, 0.1) is 0 Å². The van der Waals surface area contributed by atoms with E-state index in [2.05, 4.69) is 11.4 Å². The molecule has 0 aliphatic rings. The molecule has 0 aliphatic carbocycles. The number of nitrogens with one attached hydrogen (secondary N) is 1. The van der Waals surface area contributed by atoms with Crippen LogP contribution in [0.25, 0.3) is 0 Å². The van der Waals surface area contributed by atoms with Gasteiger partial charge in [-0.2, -0.15) is 0 Å². The molecule has 0 saturated carbocycles. The van der Waals surface area contributed by atoms with Gasteiger partial charge < -0.3 is 19.5 Å². The highest BCUT2D eigenvalue weighted by molar-refractivity contribution is 5.67. The van der Waals surface area contributed by atoms with E-state index in [0.717, 1.165) is 24.2 Å². The summed E-state index contributed by atoms with van der Waals surface area (Å²) in [5.41, 5.74) is 1.86. The highest BCUT2D eigenvalue weighted by Crippen LogP contribution is 2.15. The van der Waals surface area contributed by atoms with Crippen molar-refractivity contribution in [3.63, 3.8) is 0 Å². The van der Waals surface area contributed by atoms with Gasteiger partial charge in [0.1, 0.15) is 18.0 Å². The van der Waals surface area contributed by atoms with Gasteiger partial charge in [0.25, 0.3) is 0 Å². The Hall–Kier alpha value is -2.53. The molecule has 0 unspecified atom stereocenters. The van der Waals surface area contributed by atoms with Crippen LogP contribution in [0.1, 0.15) is 38.3 Å². The molecule has 1 amide bonds. The van der Waals surface area contributed by atoms with Crippen molar-refractivity contribution in [1.29, 1.82) is 0 Å². The number of alkyl carbamates (subject to hydrolysis) is 1. The van der Waals surface area contributed by atoms with Crippen LogP contribution in [0.5, 0.6) is 5.75 Å². The smallest absolute Gasteiger partial charge is 0.407 e. The van der Waals surface area contributed by atoms with Crippen LogP contribution in [0.3, 0.4) is 0 Å². The van der Waals surface area contributed by atoms with E-state index in [4.69, 9.17) is 14.2 Å². The van der Waals surface area contributed by atoms with Gasteiger partial charge in [-0.25, -0.2) is 4.79 Å². The van der Waals surface area contributed by atoms with Gasteiger partial charge >= 0.3 is 6.09 Å². The minimum absolute atomic E-state index is 0.375. The van der Waals surface area contributed by atoms with Crippen molar-refractivity contribution in [1.82, 2.24) is 5.32 Å². The molecule has 0 spiro atoms. The fourth-order valence-electron chi connectivity index (χ4n) is 2.57. The third kappa shape index (κ3) is 9.42. The molecule has 0 aromatic heterocycles. The summed E-state index contributed by atoms with van der Waals surface area (Å²) in [5, 5.41) is 2.78. The zero-order chi connectivity index (χ0) is 20.2. The Kier molecular flexibility index (Phi) is 8.82. The Bertz CT molecular complexity index is 710. The molecule has 0 bridgehead atoms. The highest BCUT2D eigenvalue weighted by Gasteiger charge is 2.15. The Morgan fingerprint density at radius 2 is 1.71 bits per heavy atom. The SMILES string of the molecule is CC(C)(C)OC(=O)NCCCc1cccc(OCCOCc2ccccc2)c1. The van der Waals surface area contributed by atoms with Gasteiger partial charge in [-0.15, -0.1) is 0 Å². The lowest BCUT2D eigenvalue weighted by molar-refractivity contribution is 0.0527. The normalized spacial score (nSPS) is 11.1. The average molecular weight is 386 g/mol. The van der Waals surface area contributed by atoms with E-state index in [1.165, 1.54) is 5.56 Å². The molecular formula is C23H31NO4. The first-order valence-electron chi connectivity index (χ1n) is 9.73. The zero-order valence-electron chi connectivity index (χ0n) is 17.1. The van der Waals surface area contributed by atoms with Crippen molar-refractivity contribution in [2.24, 2.45) is 0 Å². The Morgan fingerprint density at radius 1 is 0.964 bits per heavy atom. The lowest BCUT2D eigenvalue weighted by Gasteiger charge is -2.19. The molecule has 0 fully saturated rings. The molecule has 5 nitrogen and oxygen atoms in total. The minimum atomic E-state index is -0.472. The molecular weight excluding hydrogens is 354 g/mol. The number of aryl methyl sites for hydroxylation is 1. The van der Waals surface area contributed by atoms with Crippen molar-refractivity contribution in [3.05, 3.63) is 65.7 Å². The molecule has 2 aromatic carbocycles. The number of amides is 1. The summed E-state index contributed by atoms with van der Waals surface area (Å²) in [6.07, 6.45) is 1.32. The van der Waals surface area contributed by atoms with Gasteiger partial charge in [0.05, 0.1) is 13.2 Å². The van der Waals surface area contributed by atoms with Crippen LogP contribution in [-0.4, -0.2) is 31.5 Å². The fourth-order valence-corrected chi connectivity index (χ4v) is 2.57. The topological polar surface area (TPSA) is 56.8 Å². The molecule has 5 heteroatoms. The summed E-state index contributed by atoms with van der Waals surface area (Å²) < 4.78 is 16.6. The quantitative estimate of drug-likeness (QED) is 0.600. The molecule has 0 aliphatic heterocycles.